The van der Waals surface area contributed by atoms with Crippen molar-refractivity contribution >= 4 is 11.8 Å². The van der Waals surface area contributed by atoms with Crippen LogP contribution >= 0.6 is 11.8 Å². The first-order valence-corrected chi connectivity index (χ1v) is 8.79. The van der Waals surface area contributed by atoms with Crippen molar-refractivity contribution in [1.82, 2.24) is 20.4 Å². The zero-order chi connectivity index (χ0) is 13.8. The topological polar surface area (TPSA) is 54.2 Å². The SMILES string of the molecule is CN1CCSCC1c1noc(CCC2CCCNC2)n1. The van der Waals surface area contributed by atoms with Gasteiger partial charge in [0.25, 0.3) is 0 Å². The summed E-state index contributed by atoms with van der Waals surface area (Å²) in [5.41, 5.74) is 0. The molecule has 2 aliphatic rings. The van der Waals surface area contributed by atoms with Gasteiger partial charge in [0, 0.05) is 24.5 Å². The van der Waals surface area contributed by atoms with E-state index in [9.17, 15) is 0 Å². The number of hydrogen-bond acceptors (Lipinski definition) is 6. The van der Waals surface area contributed by atoms with Crippen molar-refractivity contribution in [2.75, 3.05) is 38.2 Å². The second-order valence-corrected chi connectivity index (χ2v) is 7.02. The van der Waals surface area contributed by atoms with Crippen LogP contribution in [0, 0.1) is 5.92 Å². The molecule has 0 aliphatic carbocycles. The third kappa shape index (κ3) is 3.54. The van der Waals surface area contributed by atoms with Gasteiger partial charge in [0.2, 0.25) is 5.89 Å². The Kier molecular flexibility index (Phi) is 4.96. The molecule has 0 bridgehead atoms. The van der Waals surface area contributed by atoms with Crippen molar-refractivity contribution in [2.45, 2.75) is 31.7 Å². The molecule has 3 heterocycles. The van der Waals surface area contributed by atoms with Gasteiger partial charge in [-0.15, -0.1) is 0 Å². The Morgan fingerprint density at radius 3 is 3.25 bits per heavy atom. The van der Waals surface area contributed by atoms with Crippen LogP contribution in [0.2, 0.25) is 0 Å². The number of aryl methyl sites for hydroxylation is 1. The monoisotopic (exact) mass is 296 g/mol. The molecule has 2 aliphatic heterocycles. The zero-order valence-corrected chi connectivity index (χ0v) is 13.0. The van der Waals surface area contributed by atoms with Gasteiger partial charge in [0.15, 0.2) is 5.82 Å². The Bertz CT molecular complexity index is 419. The van der Waals surface area contributed by atoms with Gasteiger partial charge in [0.1, 0.15) is 0 Å². The number of rotatable bonds is 4. The summed E-state index contributed by atoms with van der Waals surface area (Å²) in [4.78, 5) is 6.95. The van der Waals surface area contributed by atoms with Crippen LogP contribution in [0.1, 0.15) is 37.0 Å². The maximum absolute atomic E-state index is 5.44. The van der Waals surface area contributed by atoms with E-state index in [1.807, 2.05) is 11.8 Å². The highest BCUT2D eigenvalue weighted by Gasteiger charge is 2.25. The second-order valence-electron chi connectivity index (χ2n) is 5.87. The van der Waals surface area contributed by atoms with Gasteiger partial charge >= 0.3 is 0 Å². The van der Waals surface area contributed by atoms with Crippen molar-refractivity contribution in [2.24, 2.45) is 5.92 Å². The summed E-state index contributed by atoms with van der Waals surface area (Å²) in [5.74, 6) is 4.73. The van der Waals surface area contributed by atoms with Crippen LogP contribution < -0.4 is 5.32 Å². The average molecular weight is 296 g/mol. The zero-order valence-electron chi connectivity index (χ0n) is 12.2. The molecule has 0 aromatic carbocycles. The molecule has 1 aromatic rings. The van der Waals surface area contributed by atoms with Gasteiger partial charge in [-0.3, -0.25) is 4.90 Å². The lowest BCUT2D eigenvalue weighted by molar-refractivity contribution is 0.256. The van der Waals surface area contributed by atoms with Crippen molar-refractivity contribution in [3.8, 4) is 0 Å². The molecule has 0 radical (unpaired) electrons. The predicted octanol–water partition coefficient (Wildman–Crippen LogP) is 1.72. The highest BCUT2D eigenvalue weighted by atomic mass is 32.2. The Labute approximate surface area is 124 Å². The maximum atomic E-state index is 5.44. The minimum absolute atomic E-state index is 0.322. The number of nitrogens with one attached hydrogen (secondary N) is 1. The Morgan fingerprint density at radius 2 is 2.45 bits per heavy atom. The lowest BCUT2D eigenvalue weighted by Crippen LogP contribution is -2.33. The maximum Gasteiger partial charge on any atom is 0.226 e. The van der Waals surface area contributed by atoms with E-state index in [1.54, 1.807) is 0 Å². The van der Waals surface area contributed by atoms with E-state index in [-0.39, 0.29) is 0 Å². The Balaban J connectivity index is 1.53. The number of hydrogen-bond donors (Lipinski definition) is 1. The summed E-state index contributed by atoms with van der Waals surface area (Å²) >= 11 is 1.98. The van der Waals surface area contributed by atoms with Crippen LogP contribution in [0.5, 0.6) is 0 Å². The van der Waals surface area contributed by atoms with Gasteiger partial charge in [-0.1, -0.05) is 5.16 Å². The lowest BCUT2D eigenvalue weighted by atomic mass is 9.95. The summed E-state index contributed by atoms with van der Waals surface area (Å²) in [5, 5.41) is 7.66. The number of piperidine rings is 1. The van der Waals surface area contributed by atoms with Crippen LogP contribution in [-0.2, 0) is 6.42 Å². The summed E-state index contributed by atoms with van der Waals surface area (Å²) in [6.07, 6.45) is 4.70. The molecule has 0 amide bonds. The van der Waals surface area contributed by atoms with Crippen molar-refractivity contribution in [3.63, 3.8) is 0 Å². The molecule has 1 aromatic heterocycles. The fourth-order valence-corrected chi connectivity index (χ4v) is 4.17. The average Bonchev–Trinajstić information content (AvgIpc) is 2.95. The second kappa shape index (κ2) is 6.91. The standard InChI is InChI=1S/C14H24N4OS/c1-18-7-8-20-10-12(18)14-16-13(19-17-14)5-4-11-3-2-6-15-9-11/h11-12,15H,2-10H2,1H3. The smallest absolute Gasteiger partial charge is 0.226 e. The summed E-state index contributed by atoms with van der Waals surface area (Å²) in [6, 6.07) is 0.322. The van der Waals surface area contributed by atoms with E-state index in [4.69, 9.17) is 4.52 Å². The number of aromatic nitrogens is 2. The highest BCUT2D eigenvalue weighted by molar-refractivity contribution is 7.99. The lowest BCUT2D eigenvalue weighted by Gasteiger charge is -2.29. The Morgan fingerprint density at radius 1 is 1.50 bits per heavy atom. The van der Waals surface area contributed by atoms with Gasteiger partial charge < -0.3 is 9.84 Å². The van der Waals surface area contributed by atoms with E-state index in [0.29, 0.717) is 6.04 Å². The normalized spacial score (nSPS) is 28.6. The molecule has 20 heavy (non-hydrogen) atoms. The van der Waals surface area contributed by atoms with Gasteiger partial charge in [-0.05, 0) is 45.3 Å². The molecule has 0 saturated carbocycles. The molecular formula is C14H24N4OS. The van der Waals surface area contributed by atoms with Gasteiger partial charge in [-0.2, -0.15) is 16.7 Å². The summed E-state index contributed by atoms with van der Waals surface area (Å²) in [7, 11) is 2.15. The molecule has 2 atom stereocenters. The minimum atomic E-state index is 0.322. The molecule has 5 nitrogen and oxygen atoms in total. The molecule has 2 saturated heterocycles. The minimum Gasteiger partial charge on any atom is -0.339 e. The third-order valence-corrected chi connectivity index (χ3v) is 5.37. The molecular weight excluding hydrogens is 272 g/mol. The van der Waals surface area contributed by atoms with Crippen LogP contribution in [0.3, 0.4) is 0 Å². The first-order valence-electron chi connectivity index (χ1n) is 7.64. The quantitative estimate of drug-likeness (QED) is 0.913. The molecule has 112 valence electrons. The van der Waals surface area contributed by atoms with E-state index in [0.717, 1.165) is 49.3 Å². The first kappa shape index (κ1) is 14.4. The molecule has 3 rings (SSSR count). The van der Waals surface area contributed by atoms with Crippen molar-refractivity contribution in [3.05, 3.63) is 11.7 Å². The predicted molar refractivity (Wildman–Crippen MR) is 80.9 cm³/mol. The summed E-state index contributed by atoms with van der Waals surface area (Å²) in [6.45, 7) is 3.42. The molecule has 6 heteroatoms. The van der Waals surface area contributed by atoms with Crippen LogP contribution in [-0.4, -0.2) is 53.2 Å². The van der Waals surface area contributed by atoms with Crippen molar-refractivity contribution < 1.29 is 4.52 Å². The van der Waals surface area contributed by atoms with Gasteiger partial charge in [0.05, 0.1) is 6.04 Å². The number of thioether (sulfide) groups is 1. The summed E-state index contributed by atoms with van der Waals surface area (Å²) < 4.78 is 5.44. The van der Waals surface area contributed by atoms with Crippen LogP contribution in [0.15, 0.2) is 4.52 Å². The Hall–Kier alpha value is -0.590. The fraction of sp³-hybridized carbons (Fsp3) is 0.857. The molecule has 2 unspecified atom stereocenters. The van der Waals surface area contributed by atoms with E-state index >= 15 is 0 Å². The molecule has 0 spiro atoms. The largest absolute Gasteiger partial charge is 0.339 e. The molecule has 1 N–H and O–H groups in total. The first-order chi connectivity index (χ1) is 9.83. The fourth-order valence-electron chi connectivity index (χ4n) is 2.96. The number of nitrogens with zero attached hydrogens (tertiary/aromatic N) is 3. The van der Waals surface area contributed by atoms with E-state index in [1.165, 1.54) is 25.1 Å². The van der Waals surface area contributed by atoms with E-state index < -0.39 is 0 Å². The third-order valence-electron chi connectivity index (χ3n) is 4.34. The van der Waals surface area contributed by atoms with Crippen LogP contribution in [0.4, 0.5) is 0 Å². The van der Waals surface area contributed by atoms with Gasteiger partial charge in [-0.25, -0.2) is 0 Å². The van der Waals surface area contributed by atoms with Crippen LogP contribution in [0.25, 0.3) is 0 Å². The van der Waals surface area contributed by atoms with E-state index in [2.05, 4.69) is 27.4 Å². The molecule has 2 fully saturated rings. The van der Waals surface area contributed by atoms with Crippen molar-refractivity contribution in [1.29, 1.82) is 0 Å². The highest BCUT2D eigenvalue weighted by Crippen LogP contribution is 2.26.